The summed E-state index contributed by atoms with van der Waals surface area (Å²) in [4.78, 5) is 62.1. The molecular weight excluding hydrogens is 434 g/mol. The number of benzene rings is 1. The van der Waals surface area contributed by atoms with Crippen molar-refractivity contribution in [3.05, 3.63) is 46.3 Å². The van der Waals surface area contributed by atoms with Crippen molar-refractivity contribution in [1.82, 2.24) is 21.3 Å². The molecule has 13 nitrogen and oxygen atoms in total. The number of amides is 4. The van der Waals surface area contributed by atoms with E-state index in [0.29, 0.717) is 6.42 Å². The van der Waals surface area contributed by atoms with Gasteiger partial charge in [-0.1, -0.05) is 48.8 Å². The average Bonchev–Trinajstić information content (AvgIpc) is 2.79. The van der Waals surface area contributed by atoms with Crippen LogP contribution in [0.15, 0.2) is 35.4 Å². The van der Waals surface area contributed by atoms with E-state index in [9.17, 15) is 24.0 Å². The van der Waals surface area contributed by atoms with Crippen molar-refractivity contribution in [2.24, 2.45) is 5.11 Å². The Morgan fingerprint density at radius 3 is 2.27 bits per heavy atom. The van der Waals surface area contributed by atoms with Gasteiger partial charge in [0.25, 0.3) is 0 Å². The fraction of sp³-hybridized carbons (Fsp3) is 0.450. The van der Waals surface area contributed by atoms with Gasteiger partial charge in [0.2, 0.25) is 23.6 Å². The molecule has 13 heteroatoms. The molecular formula is C20H27N7O6. The molecule has 0 aromatic heterocycles. The lowest BCUT2D eigenvalue weighted by atomic mass is 10.0. The first kappa shape index (κ1) is 26.9. The summed E-state index contributed by atoms with van der Waals surface area (Å²) in [5.41, 5.74) is 8.94. The lowest BCUT2D eigenvalue weighted by Crippen LogP contribution is -2.55. The van der Waals surface area contributed by atoms with Gasteiger partial charge in [-0.15, -0.1) is 0 Å². The second-order valence-electron chi connectivity index (χ2n) is 6.94. The summed E-state index contributed by atoms with van der Waals surface area (Å²) in [5, 5.41) is 21.4. The number of carboxylic acids is 1. The number of nitrogens with zero attached hydrogens (tertiary/aromatic N) is 3. The number of azide groups is 1. The van der Waals surface area contributed by atoms with Gasteiger partial charge < -0.3 is 26.4 Å². The molecule has 0 spiro atoms. The molecule has 5 N–H and O–H groups in total. The van der Waals surface area contributed by atoms with Gasteiger partial charge >= 0.3 is 5.97 Å². The molecule has 0 saturated heterocycles. The Balaban J connectivity index is 2.82. The summed E-state index contributed by atoms with van der Waals surface area (Å²) in [6.07, 6.45) is 0.912. The number of nitrogens with one attached hydrogen (secondary N) is 4. The van der Waals surface area contributed by atoms with E-state index < -0.39 is 61.3 Å². The smallest absolute Gasteiger partial charge is 0.322 e. The average molecular weight is 461 g/mol. The quantitative estimate of drug-likeness (QED) is 0.142. The molecule has 0 aliphatic rings. The van der Waals surface area contributed by atoms with Gasteiger partial charge in [-0.2, -0.15) is 0 Å². The summed E-state index contributed by atoms with van der Waals surface area (Å²) in [6, 6.07) is 6.78. The van der Waals surface area contributed by atoms with Crippen LogP contribution in [0.1, 0.15) is 25.3 Å². The SMILES string of the molecule is CCC[C@H](NC(=O)CNC(=O)CN=[N+]=[N-])C(=O)N[C@H](Cc1ccccc1)C(=O)NCC(=O)O. The molecule has 4 amide bonds. The Morgan fingerprint density at radius 1 is 0.970 bits per heavy atom. The van der Waals surface area contributed by atoms with Crippen molar-refractivity contribution < 1.29 is 29.1 Å². The van der Waals surface area contributed by atoms with E-state index >= 15 is 0 Å². The van der Waals surface area contributed by atoms with Crippen LogP contribution in [0.25, 0.3) is 10.4 Å². The largest absolute Gasteiger partial charge is 0.480 e. The summed E-state index contributed by atoms with van der Waals surface area (Å²) in [5.74, 6) is -3.84. The van der Waals surface area contributed by atoms with Crippen LogP contribution in [0.3, 0.4) is 0 Å². The lowest BCUT2D eigenvalue weighted by molar-refractivity contribution is -0.138. The van der Waals surface area contributed by atoms with E-state index in [-0.39, 0.29) is 12.8 Å². The van der Waals surface area contributed by atoms with Crippen LogP contribution in [-0.2, 0) is 30.4 Å². The number of carboxylic acid groups (broad SMARTS) is 1. The third kappa shape index (κ3) is 11.2. The zero-order valence-electron chi connectivity index (χ0n) is 18.1. The van der Waals surface area contributed by atoms with E-state index in [1.54, 1.807) is 37.3 Å². The van der Waals surface area contributed by atoms with Crippen LogP contribution in [0.5, 0.6) is 0 Å². The summed E-state index contributed by atoms with van der Waals surface area (Å²) in [6.45, 7) is 0.300. The molecule has 0 aliphatic heterocycles. The predicted octanol–water partition coefficient (Wildman–Crippen LogP) is -0.374. The molecule has 0 bridgehead atoms. The van der Waals surface area contributed by atoms with Gasteiger partial charge in [-0.05, 0) is 17.5 Å². The third-order valence-corrected chi connectivity index (χ3v) is 4.28. The Hall–Kier alpha value is -4.12. The van der Waals surface area contributed by atoms with Gasteiger partial charge in [0, 0.05) is 11.3 Å². The van der Waals surface area contributed by atoms with Crippen LogP contribution in [0.4, 0.5) is 0 Å². The normalized spacial score (nSPS) is 11.8. The van der Waals surface area contributed by atoms with Crippen molar-refractivity contribution in [3.8, 4) is 0 Å². The van der Waals surface area contributed by atoms with Gasteiger partial charge in [-0.25, -0.2) is 0 Å². The molecule has 0 saturated carbocycles. The Kier molecular flexibility index (Phi) is 12.1. The van der Waals surface area contributed by atoms with Gasteiger partial charge in [-0.3, -0.25) is 24.0 Å². The maximum Gasteiger partial charge on any atom is 0.322 e. The molecule has 2 atom stereocenters. The molecule has 1 rings (SSSR count). The van der Waals surface area contributed by atoms with Crippen LogP contribution in [0.2, 0.25) is 0 Å². The third-order valence-electron chi connectivity index (χ3n) is 4.28. The van der Waals surface area contributed by atoms with Crippen molar-refractivity contribution in [3.63, 3.8) is 0 Å². The highest BCUT2D eigenvalue weighted by molar-refractivity contribution is 5.94. The topological polar surface area (TPSA) is 202 Å². The highest BCUT2D eigenvalue weighted by atomic mass is 16.4. The summed E-state index contributed by atoms with van der Waals surface area (Å²) in [7, 11) is 0. The Morgan fingerprint density at radius 2 is 1.67 bits per heavy atom. The predicted molar refractivity (Wildman–Crippen MR) is 117 cm³/mol. The van der Waals surface area contributed by atoms with E-state index in [2.05, 4.69) is 31.3 Å². The van der Waals surface area contributed by atoms with Crippen molar-refractivity contribution in [2.45, 2.75) is 38.3 Å². The van der Waals surface area contributed by atoms with Crippen LogP contribution < -0.4 is 21.3 Å². The maximum atomic E-state index is 12.8. The number of hydrogen-bond acceptors (Lipinski definition) is 6. The molecule has 0 heterocycles. The minimum absolute atomic E-state index is 0.111. The minimum Gasteiger partial charge on any atom is -0.480 e. The first-order chi connectivity index (χ1) is 15.8. The molecule has 178 valence electrons. The van der Waals surface area contributed by atoms with Gasteiger partial charge in [0.05, 0.1) is 6.54 Å². The van der Waals surface area contributed by atoms with Crippen molar-refractivity contribution in [2.75, 3.05) is 19.6 Å². The molecule has 0 radical (unpaired) electrons. The Bertz CT molecular complexity index is 886. The van der Waals surface area contributed by atoms with Gasteiger partial charge in [0.1, 0.15) is 25.2 Å². The number of aliphatic carboxylic acids is 1. The van der Waals surface area contributed by atoms with E-state index in [0.717, 1.165) is 5.56 Å². The second kappa shape index (κ2) is 14.8. The zero-order chi connectivity index (χ0) is 24.6. The second-order valence-corrected chi connectivity index (χ2v) is 6.94. The monoisotopic (exact) mass is 461 g/mol. The molecule has 33 heavy (non-hydrogen) atoms. The van der Waals surface area contributed by atoms with Gasteiger partial charge in [0.15, 0.2) is 0 Å². The molecule has 1 aromatic rings. The van der Waals surface area contributed by atoms with Crippen molar-refractivity contribution >= 4 is 29.6 Å². The lowest BCUT2D eigenvalue weighted by Gasteiger charge is -2.23. The fourth-order valence-corrected chi connectivity index (χ4v) is 2.75. The Labute approximate surface area is 189 Å². The molecule has 0 aliphatic carbocycles. The van der Waals surface area contributed by atoms with Crippen LogP contribution in [0, 0.1) is 0 Å². The van der Waals surface area contributed by atoms with E-state index in [4.69, 9.17) is 10.6 Å². The van der Waals surface area contributed by atoms with E-state index in [1.807, 2.05) is 0 Å². The molecule has 1 aromatic carbocycles. The number of carbonyl (C=O) groups is 5. The standard InChI is InChI=1S/C20H27N7O6/c1-2-6-14(25-17(29)10-22-16(28)11-24-27-21)20(33)26-15(19(32)23-12-18(30)31)9-13-7-4-3-5-8-13/h3-5,7-8,14-15H,2,6,9-12H2,1H3,(H,22,28)(H,23,32)(H,25,29)(H,26,33)(H,30,31)/t14-,15+/m0/s1. The number of hydrogen-bond donors (Lipinski definition) is 5. The number of rotatable bonds is 14. The minimum atomic E-state index is -1.23. The highest BCUT2D eigenvalue weighted by Gasteiger charge is 2.27. The van der Waals surface area contributed by atoms with Crippen LogP contribution >= 0.6 is 0 Å². The summed E-state index contributed by atoms with van der Waals surface area (Å²) >= 11 is 0. The maximum absolute atomic E-state index is 12.8. The van der Waals surface area contributed by atoms with E-state index in [1.165, 1.54) is 0 Å². The van der Waals surface area contributed by atoms with Crippen molar-refractivity contribution in [1.29, 1.82) is 0 Å². The highest BCUT2D eigenvalue weighted by Crippen LogP contribution is 2.05. The fourth-order valence-electron chi connectivity index (χ4n) is 2.75. The molecule has 0 fully saturated rings. The zero-order valence-corrected chi connectivity index (χ0v) is 18.1. The first-order valence-electron chi connectivity index (χ1n) is 10.2. The summed E-state index contributed by atoms with van der Waals surface area (Å²) < 4.78 is 0. The first-order valence-corrected chi connectivity index (χ1v) is 10.2. The molecule has 0 unspecified atom stereocenters. The number of carbonyl (C=O) groups excluding carboxylic acids is 4. The van der Waals surface area contributed by atoms with Crippen LogP contribution in [-0.4, -0.2) is 66.4 Å².